The van der Waals surface area contributed by atoms with Crippen molar-refractivity contribution in [2.24, 2.45) is 0 Å². The second-order valence-corrected chi connectivity index (χ2v) is 5.42. The molecule has 1 heterocycles. The normalized spacial score (nSPS) is 16.9. The molecule has 1 aliphatic rings. The summed E-state index contributed by atoms with van der Waals surface area (Å²) < 4.78 is 5.86. The van der Waals surface area contributed by atoms with Gasteiger partial charge in [-0.25, -0.2) is 0 Å². The number of ether oxygens (including phenoxy) is 1. The van der Waals surface area contributed by atoms with E-state index in [9.17, 15) is 0 Å². The van der Waals surface area contributed by atoms with Gasteiger partial charge in [-0.2, -0.15) is 0 Å². The highest BCUT2D eigenvalue weighted by Crippen LogP contribution is 2.26. The van der Waals surface area contributed by atoms with Crippen LogP contribution in [0, 0.1) is 0 Å². The number of fused-ring (bicyclic) bond motifs is 1. The lowest BCUT2D eigenvalue weighted by atomic mass is 9.98. The van der Waals surface area contributed by atoms with Crippen LogP contribution in [0.5, 0.6) is 0 Å². The lowest BCUT2D eigenvalue weighted by molar-refractivity contribution is 0.0456. The third-order valence-electron chi connectivity index (χ3n) is 3.57. The van der Waals surface area contributed by atoms with E-state index in [1.807, 2.05) is 30.3 Å². The highest BCUT2D eigenvalue weighted by Gasteiger charge is 2.20. The summed E-state index contributed by atoms with van der Waals surface area (Å²) in [5.74, 6) is 0. The first-order chi connectivity index (χ1) is 10.3. The molecule has 4 heteroatoms. The fourth-order valence-electron chi connectivity index (χ4n) is 2.53. The van der Waals surface area contributed by atoms with Crippen LogP contribution in [0.2, 0.25) is 0 Å². The molecular formula is C17H18N2OS. The molecule has 1 aliphatic heterocycles. The maximum absolute atomic E-state index is 5.86. The van der Waals surface area contributed by atoms with Crippen molar-refractivity contribution in [3.8, 4) is 0 Å². The van der Waals surface area contributed by atoms with E-state index >= 15 is 0 Å². The third kappa shape index (κ3) is 3.60. The van der Waals surface area contributed by atoms with Gasteiger partial charge in [0.2, 0.25) is 0 Å². The lowest BCUT2D eigenvalue weighted by Gasteiger charge is -2.26. The van der Waals surface area contributed by atoms with E-state index in [0.29, 0.717) is 11.7 Å². The molecule has 2 aromatic carbocycles. The monoisotopic (exact) mass is 298 g/mol. The number of nitrogens with one attached hydrogen (secondary N) is 2. The molecule has 0 saturated heterocycles. The number of para-hydroxylation sites is 1. The Bertz CT molecular complexity index is 615. The predicted octanol–water partition coefficient (Wildman–Crippen LogP) is 3.29. The van der Waals surface area contributed by atoms with Gasteiger partial charge in [-0.1, -0.05) is 42.5 Å². The minimum atomic E-state index is 0.0606. The Balaban J connectivity index is 1.57. The first kappa shape index (κ1) is 14.0. The summed E-state index contributed by atoms with van der Waals surface area (Å²) in [4.78, 5) is 0. The zero-order chi connectivity index (χ0) is 14.5. The Morgan fingerprint density at radius 3 is 2.71 bits per heavy atom. The predicted molar refractivity (Wildman–Crippen MR) is 89.5 cm³/mol. The molecule has 0 fully saturated rings. The van der Waals surface area contributed by atoms with E-state index in [0.717, 1.165) is 18.7 Å². The van der Waals surface area contributed by atoms with Gasteiger partial charge in [0.1, 0.15) is 6.10 Å². The molecule has 0 aliphatic carbocycles. The van der Waals surface area contributed by atoms with Crippen molar-refractivity contribution in [2.75, 3.05) is 18.5 Å². The van der Waals surface area contributed by atoms with Crippen molar-refractivity contribution in [2.45, 2.75) is 12.5 Å². The summed E-state index contributed by atoms with van der Waals surface area (Å²) in [6.07, 6.45) is 1.05. The van der Waals surface area contributed by atoms with Gasteiger partial charge in [0.25, 0.3) is 0 Å². The maximum Gasteiger partial charge on any atom is 0.170 e. The molecule has 0 unspecified atom stereocenters. The molecule has 1 atom stereocenters. The second kappa shape index (κ2) is 6.70. The smallest absolute Gasteiger partial charge is 0.170 e. The van der Waals surface area contributed by atoms with Crippen LogP contribution in [-0.2, 0) is 11.2 Å². The Morgan fingerprint density at radius 1 is 1.10 bits per heavy atom. The molecule has 0 aromatic heterocycles. The number of thiocarbonyl (C=S) groups is 1. The van der Waals surface area contributed by atoms with Crippen molar-refractivity contribution in [1.29, 1.82) is 0 Å². The molecular weight excluding hydrogens is 280 g/mol. The van der Waals surface area contributed by atoms with Crippen LogP contribution in [0.25, 0.3) is 0 Å². The van der Waals surface area contributed by atoms with E-state index < -0.39 is 0 Å². The largest absolute Gasteiger partial charge is 0.371 e. The minimum absolute atomic E-state index is 0.0606. The number of hydrogen-bond donors (Lipinski definition) is 2. The Kier molecular flexibility index (Phi) is 4.48. The molecule has 0 saturated carbocycles. The fourth-order valence-corrected chi connectivity index (χ4v) is 2.73. The van der Waals surface area contributed by atoms with Crippen molar-refractivity contribution >= 4 is 23.0 Å². The van der Waals surface area contributed by atoms with Crippen molar-refractivity contribution in [3.63, 3.8) is 0 Å². The van der Waals surface area contributed by atoms with Gasteiger partial charge >= 0.3 is 0 Å². The topological polar surface area (TPSA) is 33.3 Å². The lowest BCUT2D eigenvalue weighted by Crippen LogP contribution is -2.34. The zero-order valence-corrected chi connectivity index (χ0v) is 12.5. The van der Waals surface area contributed by atoms with Crippen LogP contribution in [-0.4, -0.2) is 18.3 Å². The van der Waals surface area contributed by atoms with Crippen molar-refractivity contribution in [1.82, 2.24) is 5.32 Å². The van der Waals surface area contributed by atoms with Crippen LogP contribution in [0.3, 0.4) is 0 Å². The van der Waals surface area contributed by atoms with Gasteiger partial charge in [-0.05, 0) is 41.9 Å². The summed E-state index contributed by atoms with van der Waals surface area (Å²) in [7, 11) is 0. The van der Waals surface area contributed by atoms with Gasteiger partial charge in [0, 0.05) is 12.2 Å². The van der Waals surface area contributed by atoms with E-state index in [2.05, 4.69) is 34.9 Å². The summed E-state index contributed by atoms with van der Waals surface area (Å²) in [6, 6.07) is 18.4. The number of hydrogen-bond acceptors (Lipinski definition) is 2. The number of anilines is 1. The van der Waals surface area contributed by atoms with E-state index in [1.54, 1.807) is 0 Å². The fraction of sp³-hybridized carbons (Fsp3) is 0.235. The van der Waals surface area contributed by atoms with Crippen molar-refractivity contribution < 1.29 is 4.74 Å². The Hall–Kier alpha value is -1.91. The van der Waals surface area contributed by atoms with Gasteiger partial charge < -0.3 is 15.4 Å². The van der Waals surface area contributed by atoms with Crippen molar-refractivity contribution in [3.05, 3.63) is 65.7 Å². The molecule has 3 rings (SSSR count). The van der Waals surface area contributed by atoms with Crippen LogP contribution in [0.1, 0.15) is 17.2 Å². The quantitative estimate of drug-likeness (QED) is 0.852. The molecule has 0 spiro atoms. The van der Waals surface area contributed by atoms with Gasteiger partial charge in [-0.3, -0.25) is 0 Å². The van der Waals surface area contributed by atoms with Crippen LogP contribution >= 0.6 is 12.2 Å². The summed E-state index contributed by atoms with van der Waals surface area (Å²) in [5.41, 5.74) is 3.62. The molecule has 108 valence electrons. The highest BCUT2D eigenvalue weighted by atomic mass is 32.1. The van der Waals surface area contributed by atoms with Crippen LogP contribution in [0.4, 0.5) is 5.69 Å². The molecule has 2 aromatic rings. The second-order valence-electron chi connectivity index (χ2n) is 5.01. The summed E-state index contributed by atoms with van der Waals surface area (Å²) >= 11 is 5.33. The number of benzene rings is 2. The molecule has 0 bridgehead atoms. The first-order valence-corrected chi connectivity index (χ1v) is 7.53. The zero-order valence-electron chi connectivity index (χ0n) is 11.7. The number of rotatable bonds is 3. The average Bonchev–Trinajstić information content (AvgIpc) is 2.54. The first-order valence-electron chi connectivity index (χ1n) is 7.12. The standard InChI is InChI=1S/C17H18N2OS/c21-17(19-14-7-2-1-3-8-14)18-12-16-15-9-5-4-6-13(15)10-11-20-16/h1-9,16H,10-12H2,(H2,18,19,21)/t16-/m1/s1. The highest BCUT2D eigenvalue weighted by molar-refractivity contribution is 7.80. The van der Waals surface area contributed by atoms with Gasteiger partial charge in [-0.15, -0.1) is 0 Å². The Morgan fingerprint density at radius 2 is 1.86 bits per heavy atom. The van der Waals surface area contributed by atoms with Crippen LogP contribution in [0.15, 0.2) is 54.6 Å². The maximum atomic E-state index is 5.86. The molecule has 3 nitrogen and oxygen atoms in total. The summed E-state index contributed by atoms with van der Waals surface area (Å²) in [6.45, 7) is 1.44. The van der Waals surface area contributed by atoms with E-state index in [-0.39, 0.29) is 6.10 Å². The van der Waals surface area contributed by atoms with E-state index in [4.69, 9.17) is 17.0 Å². The molecule has 0 amide bonds. The van der Waals surface area contributed by atoms with Gasteiger partial charge in [0.15, 0.2) is 5.11 Å². The summed E-state index contributed by atoms with van der Waals surface area (Å²) in [5, 5.41) is 7.03. The van der Waals surface area contributed by atoms with Crippen LogP contribution < -0.4 is 10.6 Å². The minimum Gasteiger partial charge on any atom is -0.371 e. The average molecular weight is 298 g/mol. The SMILES string of the molecule is S=C(NC[C@H]1OCCc2ccccc21)Nc1ccccc1. The third-order valence-corrected chi connectivity index (χ3v) is 3.82. The molecule has 0 radical (unpaired) electrons. The Labute approximate surface area is 130 Å². The molecule has 2 N–H and O–H groups in total. The van der Waals surface area contributed by atoms with Gasteiger partial charge in [0.05, 0.1) is 6.61 Å². The molecule has 21 heavy (non-hydrogen) atoms. The van der Waals surface area contributed by atoms with E-state index in [1.165, 1.54) is 11.1 Å².